The summed E-state index contributed by atoms with van der Waals surface area (Å²) in [5.41, 5.74) is -0.522. The third-order valence-corrected chi connectivity index (χ3v) is 5.49. The Hall–Kier alpha value is -3.40. The molecule has 2 N–H and O–H groups in total. The number of ether oxygens (including phenoxy) is 2. The minimum atomic E-state index is -1.30. The Balaban J connectivity index is 1.72. The minimum absolute atomic E-state index is 0.203. The molecule has 158 valence electrons. The SMILES string of the molecule is CCOC(=O)c1ccsc1NC(=O)CN1C(=O)N[C@@](C)(c2ccc(OC)cc2)C1=O. The summed E-state index contributed by atoms with van der Waals surface area (Å²) in [5, 5.41) is 7.14. The fraction of sp³-hybridized carbons (Fsp3) is 0.300. The summed E-state index contributed by atoms with van der Waals surface area (Å²) in [5.74, 6) is -1.10. The second kappa shape index (κ2) is 8.54. The molecule has 3 rings (SSSR count). The van der Waals surface area contributed by atoms with E-state index < -0.39 is 35.9 Å². The summed E-state index contributed by atoms with van der Waals surface area (Å²) >= 11 is 1.14. The molecule has 0 radical (unpaired) electrons. The number of urea groups is 1. The van der Waals surface area contributed by atoms with E-state index in [-0.39, 0.29) is 12.2 Å². The number of rotatable bonds is 7. The molecule has 1 aromatic heterocycles. The van der Waals surface area contributed by atoms with Crippen molar-refractivity contribution in [3.63, 3.8) is 0 Å². The number of amides is 4. The molecule has 0 bridgehead atoms. The Morgan fingerprint density at radius 1 is 1.20 bits per heavy atom. The van der Waals surface area contributed by atoms with Crippen molar-refractivity contribution in [3.8, 4) is 5.75 Å². The number of benzene rings is 1. The first kappa shape index (κ1) is 21.3. The van der Waals surface area contributed by atoms with E-state index in [2.05, 4.69) is 10.6 Å². The molecule has 1 aliphatic rings. The van der Waals surface area contributed by atoms with Crippen LogP contribution < -0.4 is 15.4 Å². The van der Waals surface area contributed by atoms with Gasteiger partial charge >= 0.3 is 12.0 Å². The number of hydrogen-bond acceptors (Lipinski definition) is 7. The fourth-order valence-corrected chi connectivity index (χ4v) is 3.84. The molecular weight excluding hydrogens is 410 g/mol. The van der Waals surface area contributed by atoms with Crippen LogP contribution in [-0.2, 0) is 19.9 Å². The monoisotopic (exact) mass is 431 g/mol. The van der Waals surface area contributed by atoms with Gasteiger partial charge in [0.15, 0.2) is 0 Å². The smallest absolute Gasteiger partial charge is 0.341 e. The van der Waals surface area contributed by atoms with E-state index in [1.165, 1.54) is 13.2 Å². The van der Waals surface area contributed by atoms with Gasteiger partial charge < -0.3 is 20.1 Å². The average molecular weight is 431 g/mol. The molecule has 1 fully saturated rings. The Kier molecular flexibility index (Phi) is 6.06. The van der Waals surface area contributed by atoms with Crippen LogP contribution in [-0.4, -0.2) is 49.0 Å². The van der Waals surface area contributed by atoms with Crippen LogP contribution in [0.1, 0.15) is 29.8 Å². The van der Waals surface area contributed by atoms with Crippen LogP contribution in [0, 0.1) is 0 Å². The Morgan fingerprint density at radius 3 is 2.53 bits per heavy atom. The molecule has 0 saturated carbocycles. The normalized spacial score (nSPS) is 18.2. The molecule has 1 atom stereocenters. The van der Waals surface area contributed by atoms with Crippen molar-refractivity contribution < 1.29 is 28.7 Å². The number of carbonyl (C=O) groups excluding carboxylic acids is 4. The van der Waals surface area contributed by atoms with Gasteiger partial charge in [-0.25, -0.2) is 9.59 Å². The fourth-order valence-electron chi connectivity index (χ4n) is 3.05. The summed E-state index contributed by atoms with van der Waals surface area (Å²) in [6.45, 7) is 2.97. The highest BCUT2D eigenvalue weighted by atomic mass is 32.1. The first-order valence-electron chi connectivity index (χ1n) is 9.13. The zero-order chi connectivity index (χ0) is 21.9. The van der Waals surface area contributed by atoms with Crippen molar-refractivity contribution in [1.82, 2.24) is 10.2 Å². The number of nitrogens with one attached hydrogen (secondary N) is 2. The highest BCUT2D eigenvalue weighted by Crippen LogP contribution is 2.30. The van der Waals surface area contributed by atoms with Crippen molar-refractivity contribution >= 4 is 40.2 Å². The van der Waals surface area contributed by atoms with Crippen molar-refractivity contribution in [1.29, 1.82) is 0 Å². The average Bonchev–Trinajstić information content (AvgIpc) is 3.27. The van der Waals surface area contributed by atoms with E-state index in [4.69, 9.17) is 9.47 Å². The summed E-state index contributed by atoms with van der Waals surface area (Å²) in [6.07, 6.45) is 0. The van der Waals surface area contributed by atoms with Gasteiger partial charge in [0.25, 0.3) is 5.91 Å². The second-order valence-electron chi connectivity index (χ2n) is 6.61. The molecule has 1 saturated heterocycles. The Morgan fingerprint density at radius 2 is 1.90 bits per heavy atom. The Labute approximate surface area is 177 Å². The molecule has 1 aliphatic heterocycles. The molecule has 10 heteroatoms. The van der Waals surface area contributed by atoms with Crippen LogP contribution in [0.15, 0.2) is 35.7 Å². The predicted octanol–water partition coefficient (Wildman–Crippen LogP) is 2.34. The maximum Gasteiger partial charge on any atom is 0.341 e. The second-order valence-corrected chi connectivity index (χ2v) is 7.52. The lowest BCUT2D eigenvalue weighted by atomic mass is 9.92. The van der Waals surface area contributed by atoms with Crippen molar-refractivity contribution in [2.75, 3.05) is 25.6 Å². The predicted molar refractivity (Wildman–Crippen MR) is 109 cm³/mol. The van der Waals surface area contributed by atoms with Gasteiger partial charge in [0.2, 0.25) is 5.91 Å². The molecule has 30 heavy (non-hydrogen) atoms. The van der Waals surface area contributed by atoms with Crippen LogP contribution in [0.3, 0.4) is 0 Å². The molecular formula is C20H21N3O6S. The topological polar surface area (TPSA) is 114 Å². The number of anilines is 1. The van der Waals surface area contributed by atoms with E-state index in [1.807, 2.05) is 0 Å². The molecule has 0 spiro atoms. The molecule has 0 aliphatic carbocycles. The van der Waals surface area contributed by atoms with Crippen LogP contribution in [0.2, 0.25) is 0 Å². The number of carbonyl (C=O) groups is 4. The van der Waals surface area contributed by atoms with Gasteiger partial charge in [0, 0.05) is 0 Å². The van der Waals surface area contributed by atoms with Crippen LogP contribution in [0.4, 0.5) is 9.80 Å². The largest absolute Gasteiger partial charge is 0.497 e. The minimum Gasteiger partial charge on any atom is -0.497 e. The van der Waals surface area contributed by atoms with Crippen molar-refractivity contribution in [3.05, 3.63) is 46.8 Å². The van der Waals surface area contributed by atoms with Crippen LogP contribution >= 0.6 is 11.3 Å². The van der Waals surface area contributed by atoms with Crippen molar-refractivity contribution in [2.45, 2.75) is 19.4 Å². The summed E-state index contributed by atoms with van der Waals surface area (Å²) in [4.78, 5) is 50.6. The number of hydrogen-bond donors (Lipinski definition) is 2. The lowest BCUT2D eigenvalue weighted by Gasteiger charge is -2.22. The zero-order valence-corrected chi connectivity index (χ0v) is 17.5. The molecule has 0 unspecified atom stereocenters. The lowest BCUT2D eigenvalue weighted by Crippen LogP contribution is -2.42. The van der Waals surface area contributed by atoms with Gasteiger partial charge in [-0.3, -0.25) is 14.5 Å². The van der Waals surface area contributed by atoms with Crippen molar-refractivity contribution in [2.24, 2.45) is 0 Å². The van der Waals surface area contributed by atoms with E-state index in [0.29, 0.717) is 16.3 Å². The van der Waals surface area contributed by atoms with Crippen LogP contribution in [0.5, 0.6) is 5.75 Å². The maximum atomic E-state index is 13.0. The number of thiophene rings is 1. The maximum absolute atomic E-state index is 13.0. The quantitative estimate of drug-likeness (QED) is 0.514. The van der Waals surface area contributed by atoms with Gasteiger partial charge in [-0.05, 0) is 43.0 Å². The molecule has 1 aromatic carbocycles. The molecule has 2 heterocycles. The number of esters is 1. The summed E-state index contributed by atoms with van der Waals surface area (Å²) in [6, 6.07) is 7.58. The number of methoxy groups -OCH3 is 1. The van der Waals surface area contributed by atoms with E-state index >= 15 is 0 Å². The zero-order valence-electron chi connectivity index (χ0n) is 16.7. The van der Waals surface area contributed by atoms with Crippen LogP contribution in [0.25, 0.3) is 0 Å². The summed E-state index contributed by atoms with van der Waals surface area (Å²) < 4.78 is 10.1. The molecule has 9 nitrogen and oxygen atoms in total. The summed E-state index contributed by atoms with van der Waals surface area (Å²) in [7, 11) is 1.53. The standard InChI is InChI=1S/C20H21N3O6S/c1-4-29-17(25)14-9-10-30-16(14)21-15(24)11-23-18(26)20(2,22-19(23)27)12-5-7-13(28-3)8-6-12/h5-10H,4,11H2,1-3H3,(H,21,24)(H,22,27)/t20-/m0/s1. The highest BCUT2D eigenvalue weighted by Gasteiger charge is 2.49. The highest BCUT2D eigenvalue weighted by molar-refractivity contribution is 7.14. The third-order valence-electron chi connectivity index (χ3n) is 4.66. The first-order chi connectivity index (χ1) is 14.3. The van der Waals surface area contributed by atoms with E-state index in [1.54, 1.807) is 43.5 Å². The van der Waals surface area contributed by atoms with Gasteiger partial charge in [-0.2, -0.15) is 0 Å². The number of nitrogens with zero attached hydrogens (tertiary/aromatic N) is 1. The van der Waals surface area contributed by atoms with Gasteiger partial charge in [0.1, 0.15) is 22.8 Å². The van der Waals surface area contributed by atoms with E-state index in [9.17, 15) is 19.2 Å². The molecule has 4 amide bonds. The first-order valence-corrected chi connectivity index (χ1v) is 10.0. The number of imide groups is 1. The molecule has 2 aromatic rings. The third kappa shape index (κ3) is 3.99. The van der Waals surface area contributed by atoms with Gasteiger partial charge in [-0.15, -0.1) is 11.3 Å². The van der Waals surface area contributed by atoms with E-state index in [0.717, 1.165) is 16.2 Å². The Bertz CT molecular complexity index is 987. The van der Waals surface area contributed by atoms with Gasteiger partial charge in [-0.1, -0.05) is 12.1 Å². The van der Waals surface area contributed by atoms with Gasteiger partial charge in [0.05, 0.1) is 19.3 Å². The lowest BCUT2D eigenvalue weighted by molar-refractivity contribution is -0.133.